The lowest BCUT2D eigenvalue weighted by molar-refractivity contribution is 0.461. The van der Waals surface area contributed by atoms with Gasteiger partial charge >= 0.3 is 0 Å². The zero-order valence-corrected chi connectivity index (χ0v) is 10.6. The first-order valence-corrected chi connectivity index (χ1v) is 6.72. The molecule has 2 N–H and O–H groups in total. The Labute approximate surface area is 103 Å². The lowest BCUT2D eigenvalue weighted by Crippen LogP contribution is -2.23. The molecular weight excluding hydrogens is 212 g/mol. The van der Waals surface area contributed by atoms with Crippen molar-refractivity contribution in [3.05, 3.63) is 12.3 Å². The predicted molar refractivity (Wildman–Crippen MR) is 71.3 cm³/mol. The van der Waals surface area contributed by atoms with Crippen LogP contribution in [0.25, 0.3) is 0 Å². The van der Waals surface area contributed by atoms with Gasteiger partial charge in [0.25, 0.3) is 0 Å². The molecule has 4 heteroatoms. The van der Waals surface area contributed by atoms with Crippen molar-refractivity contribution in [3.63, 3.8) is 0 Å². The Balaban J connectivity index is 1.90. The molecule has 1 heterocycles. The third-order valence-electron chi connectivity index (χ3n) is 3.15. The summed E-state index contributed by atoms with van der Waals surface area (Å²) in [6.45, 7) is 3.11. The number of rotatable bonds is 5. The molecule has 0 aliphatic heterocycles. The van der Waals surface area contributed by atoms with Crippen LogP contribution >= 0.6 is 0 Å². The molecule has 1 aromatic rings. The fourth-order valence-electron chi connectivity index (χ4n) is 2.21. The predicted octanol–water partition coefficient (Wildman–Crippen LogP) is 3.04. The number of anilines is 2. The van der Waals surface area contributed by atoms with E-state index >= 15 is 0 Å². The van der Waals surface area contributed by atoms with E-state index in [1.165, 1.54) is 32.1 Å². The van der Waals surface area contributed by atoms with Crippen LogP contribution in [0.1, 0.15) is 45.4 Å². The Bertz CT molecular complexity index is 334. The molecule has 0 spiro atoms. The highest BCUT2D eigenvalue weighted by Crippen LogP contribution is 2.20. The fourth-order valence-corrected chi connectivity index (χ4v) is 2.21. The Morgan fingerprint density at radius 3 is 2.88 bits per heavy atom. The molecule has 0 unspecified atom stereocenters. The van der Waals surface area contributed by atoms with Crippen LogP contribution in [-0.2, 0) is 0 Å². The van der Waals surface area contributed by atoms with Crippen LogP contribution in [0, 0.1) is 0 Å². The van der Waals surface area contributed by atoms with Crippen molar-refractivity contribution in [2.75, 3.05) is 17.2 Å². The van der Waals surface area contributed by atoms with Crippen molar-refractivity contribution in [2.24, 2.45) is 0 Å². The quantitative estimate of drug-likeness (QED) is 0.822. The normalized spacial score (nSPS) is 16.8. The fraction of sp³-hybridized carbons (Fsp3) is 0.692. The van der Waals surface area contributed by atoms with Crippen LogP contribution in [0.5, 0.6) is 0 Å². The number of hydrogen-bond donors (Lipinski definition) is 2. The minimum atomic E-state index is 0.560. The zero-order valence-electron chi connectivity index (χ0n) is 10.6. The summed E-state index contributed by atoms with van der Waals surface area (Å²) in [4.78, 5) is 8.75. The van der Waals surface area contributed by atoms with Gasteiger partial charge in [-0.25, -0.2) is 4.98 Å². The van der Waals surface area contributed by atoms with Gasteiger partial charge in [-0.3, -0.25) is 0 Å². The van der Waals surface area contributed by atoms with E-state index in [0.29, 0.717) is 6.04 Å². The summed E-state index contributed by atoms with van der Waals surface area (Å²) in [5.74, 6) is 1.68. The van der Waals surface area contributed by atoms with E-state index in [4.69, 9.17) is 0 Å². The molecule has 1 fully saturated rings. The van der Waals surface area contributed by atoms with Crippen LogP contribution in [0.4, 0.5) is 11.8 Å². The third-order valence-corrected chi connectivity index (χ3v) is 3.15. The monoisotopic (exact) mass is 234 g/mol. The van der Waals surface area contributed by atoms with Gasteiger partial charge in [0.2, 0.25) is 5.95 Å². The topological polar surface area (TPSA) is 49.8 Å². The average Bonchev–Trinajstić information content (AvgIpc) is 2.38. The minimum Gasteiger partial charge on any atom is -0.370 e. The molecule has 0 aromatic carbocycles. The van der Waals surface area contributed by atoms with Gasteiger partial charge in [-0.15, -0.1) is 0 Å². The molecule has 1 aliphatic carbocycles. The number of nitrogens with zero attached hydrogens (tertiary/aromatic N) is 2. The summed E-state index contributed by atoms with van der Waals surface area (Å²) in [6, 6.07) is 2.48. The number of nitrogens with one attached hydrogen (secondary N) is 2. The standard InChI is InChI=1S/C13H22N4/c1-2-9-14-12-8-10-15-13(17-12)16-11-6-4-3-5-7-11/h8,10-11H,2-7,9H2,1H3,(H2,14,15,16,17). The van der Waals surface area contributed by atoms with Crippen molar-refractivity contribution in [1.29, 1.82) is 0 Å². The highest BCUT2D eigenvalue weighted by atomic mass is 15.1. The average molecular weight is 234 g/mol. The van der Waals surface area contributed by atoms with Crippen molar-refractivity contribution in [2.45, 2.75) is 51.5 Å². The van der Waals surface area contributed by atoms with Gasteiger partial charge in [0.1, 0.15) is 5.82 Å². The molecular formula is C13H22N4. The maximum absolute atomic E-state index is 4.47. The summed E-state index contributed by atoms with van der Waals surface area (Å²) in [7, 11) is 0. The Kier molecular flexibility index (Phi) is 4.59. The molecule has 0 atom stereocenters. The third kappa shape index (κ3) is 3.88. The van der Waals surface area contributed by atoms with E-state index in [1.54, 1.807) is 0 Å². The second-order valence-corrected chi connectivity index (χ2v) is 4.67. The molecule has 17 heavy (non-hydrogen) atoms. The van der Waals surface area contributed by atoms with Crippen LogP contribution < -0.4 is 10.6 Å². The maximum Gasteiger partial charge on any atom is 0.224 e. The molecule has 0 amide bonds. The summed E-state index contributed by atoms with van der Waals surface area (Å²) >= 11 is 0. The molecule has 4 nitrogen and oxygen atoms in total. The van der Waals surface area contributed by atoms with Crippen LogP contribution in [-0.4, -0.2) is 22.6 Å². The van der Waals surface area contributed by atoms with E-state index in [2.05, 4.69) is 27.5 Å². The van der Waals surface area contributed by atoms with E-state index < -0.39 is 0 Å². The van der Waals surface area contributed by atoms with Gasteiger partial charge in [-0.05, 0) is 25.3 Å². The summed E-state index contributed by atoms with van der Waals surface area (Å²) in [5, 5.41) is 6.72. The molecule has 0 bridgehead atoms. The molecule has 2 rings (SSSR count). The first kappa shape index (κ1) is 12.1. The van der Waals surface area contributed by atoms with Crippen molar-refractivity contribution >= 4 is 11.8 Å². The van der Waals surface area contributed by atoms with E-state index in [-0.39, 0.29) is 0 Å². The Morgan fingerprint density at radius 2 is 2.12 bits per heavy atom. The van der Waals surface area contributed by atoms with Crippen molar-refractivity contribution < 1.29 is 0 Å². The molecule has 1 aliphatic rings. The lowest BCUT2D eigenvalue weighted by atomic mass is 9.96. The van der Waals surface area contributed by atoms with Gasteiger partial charge < -0.3 is 10.6 Å². The Hall–Kier alpha value is -1.32. The summed E-state index contributed by atoms with van der Waals surface area (Å²) in [6.07, 6.45) is 9.44. The second-order valence-electron chi connectivity index (χ2n) is 4.67. The molecule has 0 saturated heterocycles. The molecule has 1 saturated carbocycles. The SMILES string of the molecule is CCCNc1ccnc(NC2CCCCC2)n1. The molecule has 0 radical (unpaired) electrons. The van der Waals surface area contributed by atoms with Gasteiger partial charge in [0.15, 0.2) is 0 Å². The zero-order chi connectivity index (χ0) is 11.9. The summed E-state index contributed by atoms with van der Waals surface area (Å²) in [5.41, 5.74) is 0. The smallest absolute Gasteiger partial charge is 0.224 e. The first-order chi connectivity index (χ1) is 8.38. The van der Waals surface area contributed by atoms with Gasteiger partial charge in [0, 0.05) is 18.8 Å². The number of aromatic nitrogens is 2. The highest BCUT2D eigenvalue weighted by molar-refractivity contribution is 5.39. The molecule has 94 valence electrons. The molecule has 1 aromatic heterocycles. The largest absolute Gasteiger partial charge is 0.370 e. The number of hydrogen-bond acceptors (Lipinski definition) is 4. The van der Waals surface area contributed by atoms with Gasteiger partial charge in [0.05, 0.1) is 0 Å². The second kappa shape index (κ2) is 6.42. The lowest BCUT2D eigenvalue weighted by Gasteiger charge is -2.22. The maximum atomic E-state index is 4.47. The van der Waals surface area contributed by atoms with E-state index in [0.717, 1.165) is 24.7 Å². The van der Waals surface area contributed by atoms with E-state index in [9.17, 15) is 0 Å². The van der Waals surface area contributed by atoms with Crippen LogP contribution in [0.2, 0.25) is 0 Å². The van der Waals surface area contributed by atoms with Gasteiger partial charge in [-0.2, -0.15) is 4.98 Å². The van der Waals surface area contributed by atoms with Crippen LogP contribution in [0.3, 0.4) is 0 Å². The summed E-state index contributed by atoms with van der Waals surface area (Å²) < 4.78 is 0. The highest BCUT2D eigenvalue weighted by Gasteiger charge is 2.13. The van der Waals surface area contributed by atoms with Crippen molar-refractivity contribution in [3.8, 4) is 0 Å². The first-order valence-electron chi connectivity index (χ1n) is 6.72. The Morgan fingerprint density at radius 1 is 1.29 bits per heavy atom. The van der Waals surface area contributed by atoms with Crippen molar-refractivity contribution in [1.82, 2.24) is 9.97 Å². The van der Waals surface area contributed by atoms with Gasteiger partial charge in [-0.1, -0.05) is 26.2 Å². The van der Waals surface area contributed by atoms with Crippen LogP contribution in [0.15, 0.2) is 12.3 Å². The van der Waals surface area contributed by atoms with E-state index in [1.807, 2.05) is 12.3 Å². The minimum absolute atomic E-state index is 0.560.